The topological polar surface area (TPSA) is 49.4 Å². The van der Waals surface area contributed by atoms with Crippen LogP contribution in [0.5, 0.6) is 0 Å². The van der Waals surface area contributed by atoms with Crippen molar-refractivity contribution in [2.24, 2.45) is 0 Å². The minimum atomic E-state index is -0.494. The van der Waals surface area contributed by atoms with Gasteiger partial charge < -0.3 is 5.32 Å². The molecular formula is C19H20N2O2. The Morgan fingerprint density at radius 2 is 1.83 bits per heavy atom. The van der Waals surface area contributed by atoms with Gasteiger partial charge in [0.1, 0.15) is 6.04 Å². The molecule has 1 aliphatic rings. The first kappa shape index (κ1) is 15.3. The Morgan fingerprint density at radius 1 is 1.09 bits per heavy atom. The smallest absolute Gasteiger partial charge is 0.247 e. The Morgan fingerprint density at radius 3 is 2.52 bits per heavy atom. The molecule has 0 saturated carbocycles. The summed E-state index contributed by atoms with van der Waals surface area (Å²) in [7, 11) is 0. The van der Waals surface area contributed by atoms with E-state index < -0.39 is 6.04 Å². The van der Waals surface area contributed by atoms with Crippen LogP contribution in [0.15, 0.2) is 42.5 Å². The molecule has 0 saturated heterocycles. The summed E-state index contributed by atoms with van der Waals surface area (Å²) in [5.74, 6) is -0.269. The predicted octanol–water partition coefficient (Wildman–Crippen LogP) is 3.22. The Balaban J connectivity index is 1.85. The second-order valence-corrected chi connectivity index (χ2v) is 6.03. The maximum absolute atomic E-state index is 12.7. The van der Waals surface area contributed by atoms with Crippen LogP contribution in [0.1, 0.15) is 23.6 Å². The normalized spacial score (nSPS) is 16.1. The predicted molar refractivity (Wildman–Crippen MR) is 91.6 cm³/mol. The quantitative estimate of drug-likeness (QED) is 0.926. The zero-order valence-corrected chi connectivity index (χ0v) is 13.6. The highest BCUT2D eigenvalue weighted by Crippen LogP contribution is 2.32. The van der Waals surface area contributed by atoms with Gasteiger partial charge >= 0.3 is 0 Å². The molecule has 118 valence electrons. The van der Waals surface area contributed by atoms with Gasteiger partial charge in [-0.3, -0.25) is 14.5 Å². The van der Waals surface area contributed by atoms with Crippen molar-refractivity contribution in [1.29, 1.82) is 0 Å². The number of carbonyl (C=O) groups is 2. The van der Waals surface area contributed by atoms with Crippen LogP contribution in [-0.2, 0) is 16.0 Å². The largest absolute Gasteiger partial charge is 0.324 e. The Labute approximate surface area is 136 Å². The number of amides is 2. The van der Waals surface area contributed by atoms with Crippen molar-refractivity contribution in [1.82, 2.24) is 0 Å². The number of hydrogen-bond donors (Lipinski definition) is 1. The number of nitrogens with one attached hydrogen (secondary N) is 1. The van der Waals surface area contributed by atoms with Crippen molar-refractivity contribution < 1.29 is 9.59 Å². The minimum absolute atomic E-state index is 0.116. The van der Waals surface area contributed by atoms with Crippen molar-refractivity contribution in [3.8, 4) is 0 Å². The standard InChI is InChI=1S/C19H20N2O2/c1-12-8-9-16(10-13(12)2)20-19(23)18-11-15-6-4-5-7-17(15)21(18)14(3)22/h4-10,18H,11H2,1-3H3,(H,20,23)/t18-/m0/s1. The molecule has 1 aliphatic heterocycles. The van der Waals surface area contributed by atoms with E-state index in [9.17, 15) is 9.59 Å². The lowest BCUT2D eigenvalue weighted by Gasteiger charge is -2.23. The van der Waals surface area contributed by atoms with E-state index in [0.717, 1.165) is 22.5 Å². The van der Waals surface area contributed by atoms with E-state index in [-0.39, 0.29) is 11.8 Å². The van der Waals surface area contributed by atoms with E-state index in [0.29, 0.717) is 6.42 Å². The molecule has 0 fully saturated rings. The highest BCUT2D eigenvalue weighted by molar-refractivity contribution is 6.06. The molecule has 2 amide bonds. The number of rotatable bonds is 2. The molecule has 0 bridgehead atoms. The molecule has 1 N–H and O–H groups in total. The van der Waals surface area contributed by atoms with Gasteiger partial charge in [-0.15, -0.1) is 0 Å². The first-order chi connectivity index (χ1) is 11.0. The minimum Gasteiger partial charge on any atom is -0.324 e. The molecule has 0 spiro atoms. The molecule has 0 unspecified atom stereocenters. The monoisotopic (exact) mass is 308 g/mol. The van der Waals surface area contributed by atoms with Gasteiger partial charge in [0, 0.05) is 24.7 Å². The third-order valence-corrected chi connectivity index (χ3v) is 4.39. The number of nitrogens with zero attached hydrogens (tertiary/aromatic N) is 1. The highest BCUT2D eigenvalue weighted by atomic mass is 16.2. The van der Waals surface area contributed by atoms with Gasteiger partial charge in [-0.25, -0.2) is 0 Å². The molecule has 4 nitrogen and oxygen atoms in total. The second kappa shape index (κ2) is 5.88. The van der Waals surface area contributed by atoms with Crippen LogP contribution in [0.3, 0.4) is 0 Å². The van der Waals surface area contributed by atoms with Crippen molar-refractivity contribution >= 4 is 23.2 Å². The average molecular weight is 308 g/mol. The van der Waals surface area contributed by atoms with Crippen LogP contribution >= 0.6 is 0 Å². The van der Waals surface area contributed by atoms with Gasteiger partial charge in [-0.05, 0) is 48.7 Å². The van der Waals surface area contributed by atoms with Gasteiger partial charge in [0.05, 0.1) is 0 Å². The number of hydrogen-bond acceptors (Lipinski definition) is 2. The molecule has 23 heavy (non-hydrogen) atoms. The van der Waals surface area contributed by atoms with Gasteiger partial charge in [-0.1, -0.05) is 24.3 Å². The van der Waals surface area contributed by atoms with Crippen LogP contribution in [0, 0.1) is 13.8 Å². The summed E-state index contributed by atoms with van der Waals surface area (Å²) < 4.78 is 0. The molecule has 1 heterocycles. The fourth-order valence-corrected chi connectivity index (χ4v) is 3.03. The average Bonchev–Trinajstić information content (AvgIpc) is 2.90. The third-order valence-electron chi connectivity index (χ3n) is 4.39. The summed E-state index contributed by atoms with van der Waals surface area (Å²) >= 11 is 0. The van der Waals surface area contributed by atoms with E-state index in [2.05, 4.69) is 5.32 Å². The van der Waals surface area contributed by atoms with Gasteiger partial charge in [0.15, 0.2) is 0 Å². The van der Waals surface area contributed by atoms with Crippen LogP contribution in [0.4, 0.5) is 11.4 Å². The number of anilines is 2. The summed E-state index contributed by atoms with van der Waals surface area (Å²) in [4.78, 5) is 26.3. The summed E-state index contributed by atoms with van der Waals surface area (Å²) in [6, 6.07) is 13.0. The van der Waals surface area contributed by atoms with Crippen molar-refractivity contribution in [3.63, 3.8) is 0 Å². The van der Waals surface area contributed by atoms with Crippen molar-refractivity contribution in [2.75, 3.05) is 10.2 Å². The van der Waals surface area contributed by atoms with E-state index in [1.54, 1.807) is 4.90 Å². The Hall–Kier alpha value is -2.62. The molecular weight excluding hydrogens is 288 g/mol. The zero-order chi connectivity index (χ0) is 16.6. The number of carbonyl (C=O) groups excluding carboxylic acids is 2. The SMILES string of the molecule is CC(=O)N1c2ccccc2C[C@H]1C(=O)Nc1ccc(C)c(C)c1. The van der Waals surface area contributed by atoms with E-state index in [1.807, 2.05) is 56.3 Å². The summed E-state index contributed by atoms with van der Waals surface area (Å²) in [6.07, 6.45) is 0.548. The maximum Gasteiger partial charge on any atom is 0.247 e. The number of fused-ring (bicyclic) bond motifs is 1. The maximum atomic E-state index is 12.7. The lowest BCUT2D eigenvalue weighted by atomic mass is 10.1. The van der Waals surface area contributed by atoms with E-state index in [4.69, 9.17) is 0 Å². The first-order valence-corrected chi connectivity index (χ1v) is 7.73. The Bertz CT molecular complexity index is 783. The van der Waals surface area contributed by atoms with Crippen LogP contribution in [0.2, 0.25) is 0 Å². The van der Waals surface area contributed by atoms with Gasteiger partial charge in [0.2, 0.25) is 11.8 Å². The van der Waals surface area contributed by atoms with E-state index in [1.165, 1.54) is 12.5 Å². The third kappa shape index (κ3) is 2.84. The van der Waals surface area contributed by atoms with E-state index >= 15 is 0 Å². The van der Waals surface area contributed by atoms with Crippen LogP contribution in [-0.4, -0.2) is 17.9 Å². The van der Waals surface area contributed by atoms with Crippen molar-refractivity contribution in [2.45, 2.75) is 33.2 Å². The zero-order valence-electron chi connectivity index (χ0n) is 13.6. The molecule has 2 aromatic carbocycles. The highest BCUT2D eigenvalue weighted by Gasteiger charge is 2.36. The summed E-state index contributed by atoms with van der Waals surface area (Å²) in [5.41, 5.74) is 4.93. The summed E-state index contributed by atoms with van der Waals surface area (Å²) in [6.45, 7) is 5.54. The lowest BCUT2D eigenvalue weighted by molar-refractivity contribution is -0.122. The van der Waals surface area contributed by atoms with Crippen LogP contribution < -0.4 is 10.2 Å². The lowest BCUT2D eigenvalue weighted by Crippen LogP contribution is -2.44. The molecule has 0 aromatic heterocycles. The molecule has 2 aromatic rings. The fraction of sp³-hybridized carbons (Fsp3) is 0.263. The molecule has 0 radical (unpaired) electrons. The summed E-state index contributed by atoms with van der Waals surface area (Å²) in [5, 5.41) is 2.94. The fourth-order valence-electron chi connectivity index (χ4n) is 3.03. The van der Waals surface area contributed by atoms with Crippen molar-refractivity contribution in [3.05, 3.63) is 59.2 Å². The molecule has 4 heteroatoms. The molecule has 0 aliphatic carbocycles. The van der Waals surface area contributed by atoms with Crippen LogP contribution in [0.25, 0.3) is 0 Å². The number of benzene rings is 2. The van der Waals surface area contributed by atoms with Gasteiger partial charge in [-0.2, -0.15) is 0 Å². The second-order valence-electron chi connectivity index (χ2n) is 6.03. The number of para-hydroxylation sites is 1. The van der Waals surface area contributed by atoms with Gasteiger partial charge in [0.25, 0.3) is 0 Å². The number of aryl methyl sites for hydroxylation is 2. The Kier molecular flexibility index (Phi) is 3.90. The first-order valence-electron chi connectivity index (χ1n) is 7.73. The molecule has 1 atom stereocenters. The molecule has 3 rings (SSSR count).